The summed E-state index contributed by atoms with van der Waals surface area (Å²) < 4.78 is 0. The molecule has 2 rings (SSSR count). The van der Waals surface area contributed by atoms with Gasteiger partial charge in [-0.15, -0.1) is 0 Å². The molecule has 0 aliphatic carbocycles. The summed E-state index contributed by atoms with van der Waals surface area (Å²) in [6.45, 7) is 1.54. The molecule has 0 heterocycles. The number of amides is 1. The average molecular weight is 386 g/mol. The van der Waals surface area contributed by atoms with Crippen LogP contribution in [0.1, 0.15) is 11.1 Å². The lowest BCUT2D eigenvalue weighted by molar-refractivity contribution is -0.120. The van der Waals surface area contributed by atoms with Gasteiger partial charge in [-0.1, -0.05) is 53.0 Å². The molecule has 0 aliphatic heterocycles. The molecule has 2 aromatic carbocycles. The zero-order chi connectivity index (χ0) is 17.4. The van der Waals surface area contributed by atoms with E-state index in [2.05, 4.69) is 10.6 Å². The van der Waals surface area contributed by atoms with E-state index in [1.807, 2.05) is 36.4 Å². The highest BCUT2D eigenvalue weighted by molar-refractivity contribution is 6.35. The fourth-order valence-corrected chi connectivity index (χ4v) is 2.97. The Morgan fingerprint density at radius 2 is 1.71 bits per heavy atom. The van der Waals surface area contributed by atoms with E-state index in [4.69, 9.17) is 34.8 Å². The van der Waals surface area contributed by atoms with Gasteiger partial charge in [0, 0.05) is 21.6 Å². The molecule has 0 atom stereocenters. The molecule has 2 aromatic rings. The molecule has 0 saturated heterocycles. The van der Waals surface area contributed by atoms with Crippen LogP contribution in [0.3, 0.4) is 0 Å². The summed E-state index contributed by atoms with van der Waals surface area (Å²) in [6, 6.07) is 13.1. The van der Waals surface area contributed by atoms with Crippen molar-refractivity contribution in [2.45, 2.75) is 12.8 Å². The predicted octanol–water partition coefficient (Wildman–Crippen LogP) is 4.14. The molecule has 128 valence electrons. The molecule has 0 fully saturated rings. The molecule has 0 unspecified atom stereocenters. The molecule has 0 bridgehead atoms. The normalized spacial score (nSPS) is 10.6. The third kappa shape index (κ3) is 6.70. The summed E-state index contributed by atoms with van der Waals surface area (Å²) in [5.41, 5.74) is 2.11. The van der Waals surface area contributed by atoms with Crippen molar-refractivity contribution in [3.05, 3.63) is 68.7 Å². The van der Waals surface area contributed by atoms with E-state index in [0.29, 0.717) is 28.2 Å². The van der Waals surface area contributed by atoms with Crippen LogP contribution in [0.5, 0.6) is 0 Å². The second kappa shape index (κ2) is 9.90. The van der Waals surface area contributed by atoms with Crippen LogP contribution in [0.4, 0.5) is 0 Å². The molecule has 3 nitrogen and oxygen atoms in total. The molecule has 0 saturated carbocycles. The van der Waals surface area contributed by atoms with Crippen molar-refractivity contribution in [3.63, 3.8) is 0 Å². The first-order valence-electron chi connectivity index (χ1n) is 7.70. The third-order valence-corrected chi connectivity index (χ3v) is 4.32. The van der Waals surface area contributed by atoms with Crippen molar-refractivity contribution >= 4 is 40.7 Å². The smallest absolute Gasteiger partial charge is 0.233 e. The highest BCUT2D eigenvalue weighted by Gasteiger charge is 2.03. The van der Waals surface area contributed by atoms with E-state index in [-0.39, 0.29) is 12.5 Å². The fraction of sp³-hybridized carbons (Fsp3) is 0.278. The van der Waals surface area contributed by atoms with Gasteiger partial charge in [0.25, 0.3) is 0 Å². The van der Waals surface area contributed by atoms with Gasteiger partial charge in [-0.25, -0.2) is 0 Å². The van der Waals surface area contributed by atoms with Gasteiger partial charge in [0.15, 0.2) is 0 Å². The molecule has 2 N–H and O–H groups in total. The molecule has 0 radical (unpaired) electrons. The first-order chi connectivity index (χ1) is 11.5. The topological polar surface area (TPSA) is 41.1 Å². The maximum Gasteiger partial charge on any atom is 0.233 e. The van der Waals surface area contributed by atoms with Crippen molar-refractivity contribution in [2.24, 2.45) is 0 Å². The maximum absolute atomic E-state index is 11.8. The second-order valence-electron chi connectivity index (χ2n) is 5.39. The lowest BCUT2D eigenvalue weighted by Crippen LogP contribution is -2.35. The molecule has 1 amide bonds. The summed E-state index contributed by atoms with van der Waals surface area (Å²) in [5, 5.41) is 7.97. The van der Waals surface area contributed by atoms with Crippen molar-refractivity contribution in [2.75, 3.05) is 19.6 Å². The second-order valence-corrected chi connectivity index (χ2v) is 6.67. The Bertz CT molecular complexity index is 692. The largest absolute Gasteiger partial charge is 0.355 e. The van der Waals surface area contributed by atoms with E-state index < -0.39 is 0 Å². The molecule has 0 spiro atoms. The van der Waals surface area contributed by atoms with Crippen molar-refractivity contribution in [3.8, 4) is 0 Å². The van der Waals surface area contributed by atoms with Crippen LogP contribution in [0.25, 0.3) is 0 Å². The van der Waals surface area contributed by atoms with Gasteiger partial charge in [-0.05, 0) is 54.8 Å². The number of hydrogen-bond donors (Lipinski definition) is 2. The zero-order valence-corrected chi connectivity index (χ0v) is 15.4. The summed E-state index contributed by atoms with van der Waals surface area (Å²) in [7, 11) is 0. The molecular formula is C18H19Cl3N2O. The van der Waals surface area contributed by atoms with Crippen LogP contribution in [0.2, 0.25) is 15.1 Å². The van der Waals surface area contributed by atoms with Crippen LogP contribution in [0, 0.1) is 0 Å². The van der Waals surface area contributed by atoms with Gasteiger partial charge in [-0.2, -0.15) is 0 Å². The lowest BCUT2D eigenvalue weighted by atomic mass is 10.1. The molecule has 0 aliphatic rings. The molecular weight excluding hydrogens is 367 g/mol. The Kier molecular flexibility index (Phi) is 7.86. The minimum absolute atomic E-state index is 0.0285. The Balaban J connectivity index is 1.61. The number of benzene rings is 2. The standard InChI is InChI=1S/C18H19Cl3N2O/c19-15-3-1-2-13(10-15)6-9-23-18(24)12-22-8-7-14-4-5-16(20)11-17(14)21/h1-5,10-11,22H,6-9,12H2,(H,23,24). The maximum atomic E-state index is 11.8. The molecule has 6 heteroatoms. The molecule has 0 aromatic heterocycles. The predicted molar refractivity (Wildman–Crippen MR) is 101 cm³/mol. The van der Waals surface area contributed by atoms with Gasteiger partial charge in [-0.3, -0.25) is 4.79 Å². The van der Waals surface area contributed by atoms with Crippen molar-refractivity contribution in [1.82, 2.24) is 10.6 Å². The molecule has 24 heavy (non-hydrogen) atoms. The van der Waals surface area contributed by atoms with Gasteiger partial charge in [0.1, 0.15) is 0 Å². The third-order valence-electron chi connectivity index (χ3n) is 3.50. The highest BCUT2D eigenvalue weighted by atomic mass is 35.5. The number of carbonyl (C=O) groups excluding carboxylic acids is 1. The Hall–Kier alpha value is -1.26. The Morgan fingerprint density at radius 1 is 0.917 bits per heavy atom. The van der Waals surface area contributed by atoms with Crippen LogP contribution in [0.15, 0.2) is 42.5 Å². The van der Waals surface area contributed by atoms with E-state index >= 15 is 0 Å². The number of rotatable bonds is 8. The Morgan fingerprint density at radius 3 is 2.46 bits per heavy atom. The Labute approximate surface area is 157 Å². The minimum atomic E-state index is -0.0285. The van der Waals surface area contributed by atoms with E-state index in [9.17, 15) is 4.79 Å². The van der Waals surface area contributed by atoms with Gasteiger partial charge in [0.2, 0.25) is 5.91 Å². The van der Waals surface area contributed by atoms with Crippen molar-refractivity contribution < 1.29 is 4.79 Å². The summed E-state index contributed by atoms with van der Waals surface area (Å²) in [6.07, 6.45) is 1.50. The minimum Gasteiger partial charge on any atom is -0.355 e. The van der Waals surface area contributed by atoms with E-state index in [1.165, 1.54) is 0 Å². The SMILES string of the molecule is O=C(CNCCc1ccc(Cl)cc1Cl)NCCc1cccc(Cl)c1. The number of hydrogen-bond acceptors (Lipinski definition) is 2. The van der Waals surface area contributed by atoms with Gasteiger partial charge < -0.3 is 10.6 Å². The quantitative estimate of drug-likeness (QED) is 0.671. The number of halogens is 3. The highest BCUT2D eigenvalue weighted by Crippen LogP contribution is 2.20. The van der Waals surface area contributed by atoms with Crippen LogP contribution >= 0.6 is 34.8 Å². The monoisotopic (exact) mass is 384 g/mol. The summed E-state index contributed by atoms with van der Waals surface area (Å²) in [4.78, 5) is 11.8. The van der Waals surface area contributed by atoms with Crippen molar-refractivity contribution in [1.29, 1.82) is 0 Å². The zero-order valence-electron chi connectivity index (χ0n) is 13.1. The first kappa shape index (κ1) is 19.1. The number of nitrogens with one attached hydrogen (secondary N) is 2. The average Bonchev–Trinajstić information content (AvgIpc) is 2.53. The number of carbonyl (C=O) groups is 1. The van der Waals surface area contributed by atoms with Crippen LogP contribution < -0.4 is 10.6 Å². The summed E-state index contributed by atoms with van der Waals surface area (Å²) >= 11 is 17.9. The van der Waals surface area contributed by atoms with E-state index in [0.717, 1.165) is 24.0 Å². The first-order valence-corrected chi connectivity index (χ1v) is 8.84. The van der Waals surface area contributed by atoms with Gasteiger partial charge in [0.05, 0.1) is 6.54 Å². The van der Waals surface area contributed by atoms with Crippen LogP contribution in [-0.2, 0) is 17.6 Å². The van der Waals surface area contributed by atoms with E-state index in [1.54, 1.807) is 6.07 Å². The lowest BCUT2D eigenvalue weighted by Gasteiger charge is -2.08. The van der Waals surface area contributed by atoms with Crippen LogP contribution in [-0.4, -0.2) is 25.5 Å². The van der Waals surface area contributed by atoms with Gasteiger partial charge >= 0.3 is 0 Å². The summed E-state index contributed by atoms with van der Waals surface area (Å²) in [5.74, 6) is -0.0285. The fourth-order valence-electron chi connectivity index (χ4n) is 2.25.